The normalized spacial score (nSPS) is 22.1. The molecule has 1 saturated heterocycles. The van der Waals surface area contributed by atoms with E-state index in [4.69, 9.17) is 40.9 Å². The molecule has 1 atom stereocenters. The maximum atomic E-state index is 6.22. The van der Waals surface area contributed by atoms with E-state index in [1.165, 1.54) is 0 Å². The van der Waals surface area contributed by atoms with Gasteiger partial charge in [0.2, 0.25) is 0 Å². The molecule has 0 aliphatic carbocycles. The molecule has 124 valence electrons. The molecule has 0 N–H and O–H groups in total. The quantitative estimate of drug-likeness (QED) is 0.737. The van der Waals surface area contributed by atoms with E-state index < -0.39 is 10.7 Å². The average Bonchev–Trinajstić information content (AvgIpc) is 2.61. The zero-order valence-corrected chi connectivity index (χ0v) is 14.8. The number of ether oxygens (including phenoxy) is 2. The largest absolute Gasteiger partial charge is 0.387 e. The zero-order chi connectivity index (χ0) is 18.6. The fraction of sp³-hybridized carbons (Fsp3) is 0.368. The number of morpholine rings is 1. The number of hydrogen-bond acceptors (Lipinski definition) is 3. The van der Waals surface area contributed by atoms with Gasteiger partial charge in [0, 0.05) is 13.1 Å². The van der Waals surface area contributed by atoms with Crippen molar-refractivity contribution in [2.45, 2.75) is 30.0 Å². The highest BCUT2D eigenvalue weighted by molar-refractivity contribution is 6.53. The Bertz CT molecular complexity index is 697. The van der Waals surface area contributed by atoms with Crippen molar-refractivity contribution in [2.75, 3.05) is 13.2 Å². The number of benzene rings is 2. The van der Waals surface area contributed by atoms with Crippen LogP contribution in [0.15, 0.2) is 60.7 Å². The molecule has 3 rings (SSSR count). The van der Waals surface area contributed by atoms with E-state index in [0.717, 1.165) is 11.1 Å². The fourth-order valence-corrected chi connectivity index (χ4v) is 3.02. The summed E-state index contributed by atoms with van der Waals surface area (Å²) in [7, 11) is 24.6. The third-order valence-corrected chi connectivity index (χ3v) is 4.57. The maximum absolute atomic E-state index is 6.22. The van der Waals surface area contributed by atoms with Gasteiger partial charge in [-0.25, -0.2) is 0 Å². The third-order valence-electron chi connectivity index (χ3n) is 4.57. The Kier molecular flexibility index (Phi) is 6.01. The molecule has 2 aromatic carbocycles. The van der Waals surface area contributed by atoms with Crippen molar-refractivity contribution in [1.29, 1.82) is 0 Å². The van der Waals surface area contributed by atoms with Crippen molar-refractivity contribution >= 4 is 31.4 Å². The van der Waals surface area contributed by atoms with Gasteiger partial charge in [-0.15, -0.1) is 0 Å². The highest BCUT2D eigenvalue weighted by Gasteiger charge is 2.46. The van der Waals surface area contributed by atoms with Crippen LogP contribution in [0.25, 0.3) is 0 Å². The standard InChI is InChI=1S/C19H19B4NO2/c20-18(21)19(22,23)26-17(14-25-13-16-9-5-2-6-10-16)12-24(18)11-15-7-3-1-4-8-15/h1-10,17H,11-14H2. The van der Waals surface area contributed by atoms with Crippen LogP contribution in [0.2, 0.25) is 0 Å². The van der Waals surface area contributed by atoms with Crippen molar-refractivity contribution < 1.29 is 9.47 Å². The predicted molar refractivity (Wildman–Crippen MR) is 106 cm³/mol. The molecule has 0 aromatic heterocycles. The van der Waals surface area contributed by atoms with E-state index in [1.54, 1.807) is 0 Å². The first-order valence-electron chi connectivity index (χ1n) is 8.62. The minimum Gasteiger partial charge on any atom is -0.387 e. The van der Waals surface area contributed by atoms with Gasteiger partial charge >= 0.3 is 0 Å². The van der Waals surface area contributed by atoms with Crippen LogP contribution in [0.4, 0.5) is 0 Å². The van der Waals surface area contributed by atoms with E-state index in [2.05, 4.69) is 0 Å². The summed E-state index contributed by atoms with van der Waals surface area (Å²) >= 11 is 0. The van der Waals surface area contributed by atoms with Crippen molar-refractivity contribution in [1.82, 2.24) is 4.90 Å². The van der Waals surface area contributed by atoms with Gasteiger partial charge in [-0.1, -0.05) is 60.7 Å². The second kappa shape index (κ2) is 8.08. The zero-order valence-electron chi connectivity index (χ0n) is 14.8. The molecule has 7 heteroatoms. The molecule has 1 fully saturated rings. The molecule has 2 aromatic rings. The average molecular weight is 337 g/mol. The first-order chi connectivity index (χ1) is 12.4. The number of nitrogens with zero attached hydrogens (tertiary/aromatic N) is 1. The Balaban J connectivity index is 1.64. The fourth-order valence-electron chi connectivity index (χ4n) is 3.02. The van der Waals surface area contributed by atoms with Crippen molar-refractivity contribution in [2.24, 2.45) is 0 Å². The van der Waals surface area contributed by atoms with E-state index in [-0.39, 0.29) is 6.10 Å². The molecule has 1 aliphatic rings. The summed E-state index contributed by atoms with van der Waals surface area (Å²) in [6, 6.07) is 19.8. The summed E-state index contributed by atoms with van der Waals surface area (Å²) in [6.45, 7) is 1.81. The molecular weight excluding hydrogens is 317 g/mol. The van der Waals surface area contributed by atoms with Gasteiger partial charge in [0.15, 0.2) is 0 Å². The highest BCUT2D eigenvalue weighted by atomic mass is 16.5. The van der Waals surface area contributed by atoms with Crippen molar-refractivity contribution in [3.05, 3.63) is 71.8 Å². The van der Waals surface area contributed by atoms with Crippen LogP contribution in [0.3, 0.4) is 0 Å². The molecule has 0 bridgehead atoms. The minimum atomic E-state index is -1.69. The Morgan fingerprint density at radius 3 is 2.12 bits per heavy atom. The van der Waals surface area contributed by atoms with Crippen molar-refractivity contribution in [3.63, 3.8) is 0 Å². The van der Waals surface area contributed by atoms with E-state index in [1.807, 2.05) is 65.6 Å². The smallest absolute Gasteiger partial charge is 0.0997 e. The first kappa shape index (κ1) is 19.3. The molecular formula is C19H19B4NO2. The van der Waals surface area contributed by atoms with E-state index >= 15 is 0 Å². The molecule has 0 saturated carbocycles. The van der Waals surface area contributed by atoms with Crippen LogP contribution >= 0.6 is 0 Å². The summed E-state index contributed by atoms with van der Waals surface area (Å²) in [4.78, 5) is 1.84. The molecule has 1 unspecified atom stereocenters. The highest BCUT2D eigenvalue weighted by Crippen LogP contribution is 2.30. The van der Waals surface area contributed by atoms with E-state index in [9.17, 15) is 0 Å². The van der Waals surface area contributed by atoms with Gasteiger partial charge in [0.1, 0.15) is 0 Å². The van der Waals surface area contributed by atoms with Crippen LogP contribution < -0.4 is 0 Å². The van der Waals surface area contributed by atoms with Gasteiger partial charge in [0.05, 0.1) is 50.7 Å². The van der Waals surface area contributed by atoms with Gasteiger partial charge in [0.25, 0.3) is 0 Å². The monoisotopic (exact) mass is 337 g/mol. The molecule has 3 nitrogen and oxygen atoms in total. The topological polar surface area (TPSA) is 21.7 Å². The van der Waals surface area contributed by atoms with Gasteiger partial charge in [-0.05, 0) is 21.9 Å². The van der Waals surface area contributed by atoms with Crippen LogP contribution in [-0.4, -0.2) is 66.3 Å². The lowest BCUT2D eigenvalue weighted by Crippen LogP contribution is -2.73. The van der Waals surface area contributed by atoms with E-state index in [0.29, 0.717) is 26.3 Å². The maximum Gasteiger partial charge on any atom is 0.0997 e. The Labute approximate surface area is 161 Å². The van der Waals surface area contributed by atoms with Crippen LogP contribution in [0.1, 0.15) is 11.1 Å². The van der Waals surface area contributed by atoms with Gasteiger partial charge < -0.3 is 14.4 Å². The molecule has 0 spiro atoms. The van der Waals surface area contributed by atoms with Crippen LogP contribution in [0.5, 0.6) is 0 Å². The lowest BCUT2D eigenvalue weighted by molar-refractivity contribution is -0.127. The lowest BCUT2D eigenvalue weighted by atomic mass is 9.38. The predicted octanol–water partition coefficient (Wildman–Crippen LogP) is 1.09. The molecule has 26 heavy (non-hydrogen) atoms. The number of hydrogen-bond donors (Lipinski definition) is 0. The summed E-state index contributed by atoms with van der Waals surface area (Å²) in [5.41, 5.74) is 2.15. The third kappa shape index (κ3) is 4.46. The lowest BCUT2D eigenvalue weighted by Gasteiger charge is -2.58. The molecule has 1 aliphatic heterocycles. The van der Waals surface area contributed by atoms with Gasteiger partial charge in [-0.3, -0.25) is 0 Å². The second-order valence-electron chi connectivity index (χ2n) is 6.73. The molecule has 0 amide bonds. The summed E-state index contributed by atoms with van der Waals surface area (Å²) in [5, 5.41) is -3.19. The molecule has 8 radical (unpaired) electrons. The van der Waals surface area contributed by atoms with Crippen LogP contribution in [0, 0.1) is 0 Å². The minimum absolute atomic E-state index is 0.336. The Morgan fingerprint density at radius 1 is 0.923 bits per heavy atom. The number of rotatable bonds is 6. The first-order valence-corrected chi connectivity index (χ1v) is 8.62. The Hall–Kier alpha value is -1.42. The summed E-state index contributed by atoms with van der Waals surface area (Å²) < 4.78 is 11.5. The molecule has 1 heterocycles. The summed E-state index contributed by atoms with van der Waals surface area (Å²) in [5.74, 6) is 0. The van der Waals surface area contributed by atoms with Crippen molar-refractivity contribution in [3.8, 4) is 0 Å². The van der Waals surface area contributed by atoms with Crippen LogP contribution in [-0.2, 0) is 22.6 Å². The Morgan fingerprint density at radius 2 is 1.50 bits per heavy atom. The van der Waals surface area contributed by atoms with Gasteiger partial charge in [-0.2, -0.15) is 0 Å². The SMILES string of the molecule is [B]C1([B])OC(COCc2ccccc2)CN(Cc2ccccc2)C1([B])[B]. The second-order valence-corrected chi connectivity index (χ2v) is 6.73. The summed E-state index contributed by atoms with van der Waals surface area (Å²) in [6.07, 6.45) is -0.336.